The third-order valence-electron chi connectivity index (χ3n) is 2.30. The average molecular weight is 246 g/mol. The molecule has 0 fully saturated rings. The van der Waals surface area contributed by atoms with Crippen molar-refractivity contribution in [1.82, 2.24) is 20.2 Å². The Bertz CT molecular complexity index is 413. The molecule has 0 saturated carbocycles. The molecule has 0 radical (unpaired) electrons. The molecule has 1 aliphatic rings. The maximum absolute atomic E-state index is 13.2. The molecule has 2 rings (SSSR count). The lowest BCUT2D eigenvalue weighted by atomic mass is 10.1. The number of hydrogen-bond acceptors (Lipinski definition) is 3. The standard InChI is InChI=1S/C6H4F6N4/c7-4(8)2-1-3-13-14-15-16(3)6(11,12)5(4,9)10/h1-2H2. The van der Waals surface area contributed by atoms with Crippen LogP contribution >= 0.6 is 0 Å². The molecule has 1 aromatic rings. The van der Waals surface area contributed by atoms with E-state index < -0.39 is 41.2 Å². The largest absolute Gasteiger partial charge is 0.415 e. The molecule has 4 nitrogen and oxygen atoms in total. The highest BCUT2D eigenvalue weighted by molar-refractivity contribution is 5.02. The Morgan fingerprint density at radius 3 is 2.31 bits per heavy atom. The van der Waals surface area contributed by atoms with Crippen LogP contribution in [-0.2, 0) is 12.5 Å². The van der Waals surface area contributed by atoms with Gasteiger partial charge in [0.05, 0.1) is 0 Å². The number of nitrogens with zero attached hydrogens (tertiary/aromatic N) is 4. The minimum absolute atomic E-state index is 0.548. The molecule has 10 heteroatoms. The molecule has 0 amide bonds. The van der Waals surface area contributed by atoms with Gasteiger partial charge in [0.2, 0.25) is 0 Å². The molecule has 0 saturated heterocycles. The van der Waals surface area contributed by atoms with Gasteiger partial charge in [-0.15, -0.1) is 5.10 Å². The van der Waals surface area contributed by atoms with Gasteiger partial charge in [-0.25, -0.2) is 0 Å². The Balaban J connectivity index is 2.61. The van der Waals surface area contributed by atoms with Crippen LogP contribution in [0, 0.1) is 0 Å². The summed E-state index contributed by atoms with van der Waals surface area (Å²) in [6.45, 7) is 0. The van der Waals surface area contributed by atoms with E-state index >= 15 is 0 Å². The quantitative estimate of drug-likeness (QED) is 0.650. The summed E-state index contributed by atoms with van der Waals surface area (Å²) in [6.07, 6.45) is -2.18. The van der Waals surface area contributed by atoms with Gasteiger partial charge >= 0.3 is 17.9 Å². The fourth-order valence-corrected chi connectivity index (χ4v) is 1.36. The first-order chi connectivity index (χ1) is 7.20. The van der Waals surface area contributed by atoms with Crippen LogP contribution in [0.2, 0.25) is 0 Å². The summed E-state index contributed by atoms with van der Waals surface area (Å²) >= 11 is 0. The number of rotatable bonds is 0. The fraction of sp³-hybridized carbons (Fsp3) is 0.833. The van der Waals surface area contributed by atoms with Crippen molar-refractivity contribution in [3.8, 4) is 0 Å². The molecular formula is C6H4F6N4. The van der Waals surface area contributed by atoms with Crippen molar-refractivity contribution < 1.29 is 26.3 Å². The SMILES string of the molecule is FC1(F)CCc2nnnn2C(F)(F)C1(F)F. The van der Waals surface area contributed by atoms with Gasteiger partial charge < -0.3 is 0 Å². The van der Waals surface area contributed by atoms with E-state index in [1.54, 1.807) is 0 Å². The minimum Gasteiger partial charge on any atom is -0.200 e. The summed E-state index contributed by atoms with van der Waals surface area (Å²) in [5, 5.41) is 8.38. The average Bonchev–Trinajstić information content (AvgIpc) is 2.60. The first kappa shape index (κ1) is 11.1. The lowest BCUT2D eigenvalue weighted by Gasteiger charge is -2.29. The Morgan fingerprint density at radius 1 is 1.06 bits per heavy atom. The second-order valence-corrected chi connectivity index (χ2v) is 3.33. The van der Waals surface area contributed by atoms with Gasteiger partial charge in [0.1, 0.15) is 0 Å². The molecule has 2 heterocycles. The highest BCUT2D eigenvalue weighted by Gasteiger charge is 2.74. The van der Waals surface area contributed by atoms with Gasteiger partial charge in [-0.3, -0.25) is 0 Å². The second-order valence-electron chi connectivity index (χ2n) is 3.33. The molecule has 0 spiro atoms. The Kier molecular flexibility index (Phi) is 1.99. The maximum Gasteiger partial charge on any atom is 0.415 e. The Labute approximate surface area is 84.2 Å². The molecular weight excluding hydrogens is 242 g/mol. The molecule has 16 heavy (non-hydrogen) atoms. The van der Waals surface area contributed by atoms with E-state index in [1.807, 2.05) is 0 Å². The lowest BCUT2D eigenvalue weighted by molar-refractivity contribution is -0.343. The summed E-state index contributed by atoms with van der Waals surface area (Å²) in [5.74, 6) is -11.0. The van der Waals surface area contributed by atoms with Crippen molar-refractivity contribution in [2.24, 2.45) is 0 Å². The molecule has 0 aliphatic carbocycles. The molecule has 1 aromatic heterocycles. The predicted molar refractivity (Wildman–Crippen MR) is 36.2 cm³/mol. The summed E-state index contributed by atoms with van der Waals surface area (Å²) in [7, 11) is 0. The van der Waals surface area contributed by atoms with Crippen molar-refractivity contribution in [1.29, 1.82) is 0 Å². The first-order valence-corrected chi connectivity index (χ1v) is 4.11. The second kappa shape index (κ2) is 2.86. The van der Waals surface area contributed by atoms with E-state index in [1.165, 1.54) is 0 Å². The number of alkyl halides is 6. The summed E-state index contributed by atoms with van der Waals surface area (Å²) in [4.78, 5) is 0. The number of aromatic nitrogens is 4. The molecule has 90 valence electrons. The van der Waals surface area contributed by atoms with Crippen LogP contribution in [0.4, 0.5) is 26.3 Å². The van der Waals surface area contributed by atoms with Crippen molar-refractivity contribution in [3.63, 3.8) is 0 Å². The Hall–Kier alpha value is -1.35. The zero-order chi connectivity index (χ0) is 12.2. The van der Waals surface area contributed by atoms with Crippen molar-refractivity contribution >= 4 is 0 Å². The van der Waals surface area contributed by atoms with Crippen molar-refractivity contribution in [2.45, 2.75) is 30.7 Å². The predicted octanol–water partition coefficient (Wildman–Crippen LogP) is 1.44. The number of tetrazole rings is 1. The van der Waals surface area contributed by atoms with E-state index in [2.05, 4.69) is 15.5 Å². The van der Waals surface area contributed by atoms with Gasteiger partial charge in [-0.2, -0.15) is 31.0 Å². The third kappa shape index (κ3) is 1.15. The topological polar surface area (TPSA) is 43.6 Å². The van der Waals surface area contributed by atoms with Crippen molar-refractivity contribution in [2.75, 3.05) is 0 Å². The van der Waals surface area contributed by atoms with Gasteiger partial charge in [-0.1, -0.05) is 0 Å². The number of aryl methyl sites for hydroxylation is 1. The molecule has 0 bridgehead atoms. The monoisotopic (exact) mass is 246 g/mol. The van der Waals surface area contributed by atoms with E-state index in [-0.39, 0.29) is 0 Å². The fourth-order valence-electron chi connectivity index (χ4n) is 1.36. The van der Waals surface area contributed by atoms with Crippen LogP contribution in [0.15, 0.2) is 0 Å². The smallest absolute Gasteiger partial charge is 0.200 e. The Morgan fingerprint density at radius 2 is 1.69 bits per heavy atom. The van der Waals surface area contributed by atoms with Crippen LogP contribution in [0.25, 0.3) is 0 Å². The van der Waals surface area contributed by atoms with Crippen LogP contribution in [-0.4, -0.2) is 32.1 Å². The van der Waals surface area contributed by atoms with Gasteiger partial charge in [0.15, 0.2) is 5.82 Å². The zero-order valence-electron chi connectivity index (χ0n) is 7.47. The molecule has 0 atom stereocenters. The first-order valence-electron chi connectivity index (χ1n) is 4.11. The van der Waals surface area contributed by atoms with E-state index in [0.29, 0.717) is 0 Å². The number of halogens is 6. The van der Waals surface area contributed by atoms with Gasteiger partial charge in [-0.05, 0) is 10.4 Å². The van der Waals surface area contributed by atoms with Gasteiger partial charge in [0, 0.05) is 12.8 Å². The maximum atomic E-state index is 13.2. The van der Waals surface area contributed by atoms with Crippen LogP contribution in [0.1, 0.15) is 12.2 Å². The third-order valence-corrected chi connectivity index (χ3v) is 2.30. The van der Waals surface area contributed by atoms with Gasteiger partial charge in [0.25, 0.3) is 0 Å². The van der Waals surface area contributed by atoms with E-state index in [0.717, 1.165) is 0 Å². The van der Waals surface area contributed by atoms with E-state index in [9.17, 15) is 26.3 Å². The number of hydrogen-bond donors (Lipinski definition) is 0. The zero-order valence-corrected chi connectivity index (χ0v) is 7.47. The summed E-state index contributed by atoms with van der Waals surface area (Å²) in [5.41, 5.74) is 0. The van der Waals surface area contributed by atoms with Crippen LogP contribution < -0.4 is 0 Å². The molecule has 0 unspecified atom stereocenters. The van der Waals surface area contributed by atoms with Crippen LogP contribution in [0.3, 0.4) is 0 Å². The highest BCUT2D eigenvalue weighted by Crippen LogP contribution is 2.51. The van der Waals surface area contributed by atoms with Crippen molar-refractivity contribution in [3.05, 3.63) is 5.82 Å². The normalized spacial score (nSPS) is 25.9. The van der Waals surface area contributed by atoms with E-state index in [4.69, 9.17) is 0 Å². The highest BCUT2D eigenvalue weighted by atomic mass is 19.3. The lowest BCUT2D eigenvalue weighted by Crippen LogP contribution is -2.54. The number of fused-ring (bicyclic) bond motifs is 1. The minimum atomic E-state index is -5.53. The summed E-state index contributed by atoms with van der Waals surface area (Å²) < 4.78 is 77.4. The molecule has 1 aliphatic heterocycles. The molecule has 0 aromatic carbocycles. The summed E-state index contributed by atoms with van der Waals surface area (Å²) in [6, 6.07) is -5.15. The molecule has 0 N–H and O–H groups in total. The van der Waals surface area contributed by atoms with Crippen LogP contribution in [0.5, 0.6) is 0 Å².